The van der Waals surface area contributed by atoms with Crippen LogP contribution >= 0.6 is 11.3 Å². The van der Waals surface area contributed by atoms with Crippen LogP contribution in [0.4, 0.5) is 0 Å². The van der Waals surface area contributed by atoms with Gasteiger partial charge in [0.25, 0.3) is 0 Å². The lowest BCUT2D eigenvalue weighted by Crippen LogP contribution is -2.25. The molecule has 0 atom stereocenters. The van der Waals surface area contributed by atoms with Gasteiger partial charge in [-0.3, -0.25) is 0 Å². The quantitative estimate of drug-likeness (QED) is 0.748. The smallest absolute Gasteiger partial charge is 0.128 e. The summed E-state index contributed by atoms with van der Waals surface area (Å²) >= 11 is 1.56. The van der Waals surface area contributed by atoms with Crippen molar-refractivity contribution in [3.8, 4) is 6.07 Å². The van der Waals surface area contributed by atoms with Crippen LogP contribution in [-0.4, -0.2) is 29.5 Å². The molecule has 0 aliphatic heterocycles. The molecular formula is C13H21N3S. The molecular weight excluding hydrogens is 230 g/mol. The Balaban J connectivity index is 2.63. The number of hydrogen-bond donors (Lipinski definition) is 0. The fraction of sp³-hybridized carbons (Fsp3) is 0.692. The molecule has 0 N–H and O–H groups in total. The van der Waals surface area contributed by atoms with Gasteiger partial charge in [-0.15, -0.1) is 11.3 Å². The lowest BCUT2D eigenvalue weighted by atomic mass is 10.2. The first-order valence-electron chi connectivity index (χ1n) is 6.36. The van der Waals surface area contributed by atoms with Gasteiger partial charge in [-0.2, -0.15) is 5.26 Å². The molecule has 1 aromatic heterocycles. The van der Waals surface area contributed by atoms with Gasteiger partial charge in [-0.05, 0) is 19.5 Å². The Bertz CT molecular complexity index is 375. The maximum atomic E-state index is 9.04. The monoisotopic (exact) mass is 251 g/mol. The van der Waals surface area contributed by atoms with Crippen molar-refractivity contribution in [2.45, 2.75) is 40.0 Å². The van der Waals surface area contributed by atoms with Gasteiger partial charge in [0, 0.05) is 13.0 Å². The van der Waals surface area contributed by atoms with Crippen LogP contribution in [0, 0.1) is 11.3 Å². The number of hydrogen-bond acceptors (Lipinski definition) is 4. The Hall–Kier alpha value is -0.920. The number of likely N-dealkylation sites (N-methyl/N-ethyl adjacent to an activating group) is 1. The van der Waals surface area contributed by atoms with E-state index in [0.717, 1.165) is 54.5 Å². The van der Waals surface area contributed by atoms with Crippen molar-refractivity contribution in [3.63, 3.8) is 0 Å². The third-order valence-corrected chi connectivity index (χ3v) is 3.93. The molecule has 0 saturated heterocycles. The Morgan fingerprint density at radius 3 is 2.47 bits per heavy atom. The summed E-state index contributed by atoms with van der Waals surface area (Å²) in [5, 5.41) is 10.1. The van der Waals surface area contributed by atoms with E-state index < -0.39 is 0 Å². The molecule has 4 heteroatoms. The molecule has 1 aromatic rings. The maximum Gasteiger partial charge on any atom is 0.128 e. The summed E-state index contributed by atoms with van der Waals surface area (Å²) in [7, 11) is 0. The summed E-state index contributed by atoms with van der Waals surface area (Å²) in [6.45, 7) is 9.67. The predicted octanol–water partition coefficient (Wildman–Crippen LogP) is 2.85. The van der Waals surface area contributed by atoms with Crippen molar-refractivity contribution in [3.05, 3.63) is 15.6 Å². The van der Waals surface area contributed by atoms with Crippen LogP contribution in [0.3, 0.4) is 0 Å². The van der Waals surface area contributed by atoms with E-state index in [4.69, 9.17) is 5.26 Å². The lowest BCUT2D eigenvalue weighted by Gasteiger charge is -2.16. The van der Waals surface area contributed by atoms with E-state index >= 15 is 0 Å². The van der Waals surface area contributed by atoms with Crippen molar-refractivity contribution in [2.75, 3.05) is 19.6 Å². The van der Waals surface area contributed by atoms with E-state index in [1.807, 2.05) is 0 Å². The highest BCUT2D eigenvalue weighted by atomic mass is 32.1. The minimum Gasteiger partial charge on any atom is -0.303 e. The number of aromatic nitrogens is 1. The van der Waals surface area contributed by atoms with E-state index in [0.29, 0.717) is 0 Å². The highest BCUT2D eigenvalue weighted by Gasteiger charge is 2.10. The molecule has 3 nitrogen and oxygen atoms in total. The molecule has 0 fully saturated rings. The summed E-state index contributed by atoms with van der Waals surface area (Å²) in [5.41, 5.74) is 0.995. The van der Waals surface area contributed by atoms with Crippen LogP contribution in [0.25, 0.3) is 0 Å². The SMILES string of the molecule is CCCc1nc(CCN(CC)CC)sc1C#N. The van der Waals surface area contributed by atoms with E-state index in [-0.39, 0.29) is 0 Å². The van der Waals surface area contributed by atoms with Crippen molar-refractivity contribution >= 4 is 11.3 Å². The van der Waals surface area contributed by atoms with Gasteiger partial charge < -0.3 is 4.90 Å². The number of thiazole rings is 1. The molecule has 0 aliphatic carbocycles. The normalized spacial score (nSPS) is 10.8. The summed E-state index contributed by atoms with van der Waals surface area (Å²) in [6.07, 6.45) is 2.93. The highest BCUT2D eigenvalue weighted by molar-refractivity contribution is 7.12. The zero-order valence-electron chi connectivity index (χ0n) is 11.0. The standard InChI is InChI=1S/C13H21N3S/c1-4-7-11-12(10-14)17-13(15-11)8-9-16(5-2)6-3/h4-9H2,1-3H3. The first-order valence-corrected chi connectivity index (χ1v) is 7.17. The molecule has 1 rings (SSSR count). The molecule has 0 radical (unpaired) electrons. The van der Waals surface area contributed by atoms with Gasteiger partial charge >= 0.3 is 0 Å². The Morgan fingerprint density at radius 2 is 1.94 bits per heavy atom. The summed E-state index contributed by atoms with van der Waals surface area (Å²) in [5.74, 6) is 0. The van der Waals surface area contributed by atoms with Crippen LogP contribution in [0.5, 0.6) is 0 Å². The second-order valence-electron chi connectivity index (χ2n) is 4.02. The molecule has 0 unspecified atom stereocenters. The Labute approximate surface area is 108 Å². The van der Waals surface area contributed by atoms with E-state index in [1.54, 1.807) is 11.3 Å². The van der Waals surface area contributed by atoms with E-state index in [2.05, 4.69) is 36.7 Å². The summed E-state index contributed by atoms with van der Waals surface area (Å²) in [4.78, 5) is 7.77. The molecule has 94 valence electrons. The fourth-order valence-corrected chi connectivity index (χ4v) is 2.69. The third kappa shape index (κ3) is 4.10. The zero-order valence-corrected chi connectivity index (χ0v) is 11.8. The highest BCUT2D eigenvalue weighted by Crippen LogP contribution is 2.19. The number of nitrogens with zero attached hydrogens (tertiary/aromatic N) is 3. The van der Waals surface area contributed by atoms with Crippen LogP contribution < -0.4 is 0 Å². The summed E-state index contributed by atoms with van der Waals surface area (Å²) in [6, 6.07) is 2.26. The van der Waals surface area contributed by atoms with E-state index in [9.17, 15) is 0 Å². The fourth-order valence-electron chi connectivity index (χ4n) is 1.79. The molecule has 0 saturated carbocycles. The largest absolute Gasteiger partial charge is 0.303 e. The topological polar surface area (TPSA) is 39.9 Å². The number of aryl methyl sites for hydroxylation is 1. The van der Waals surface area contributed by atoms with Crippen LogP contribution in [0.1, 0.15) is 42.8 Å². The lowest BCUT2D eigenvalue weighted by molar-refractivity contribution is 0.308. The van der Waals surface area contributed by atoms with Gasteiger partial charge in [0.15, 0.2) is 0 Å². The average Bonchev–Trinajstić information content (AvgIpc) is 2.73. The van der Waals surface area contributed by atoms with Gasteiger partial charge in [-0.25, -0.2) is 4.98 Å². The van der Waals surface area contributed by atoms with Gasteiger partial charge in [-0.1, -0.05) is 27.2 Å². The molecule has 0 spiro atoms. The first kappa shape index (κ1) is 14.1. The second-order valence-corrected chi connectivity index (χ2v) is 5.11. The maximum absolute atomic E-state index is 9.04. The minimum absolute atomic E-state index is 0.807. The molecule has 0 aliphatic rings. The Kier molecular flexibility index (Phi) is 6.17. The predicted molar refractivity (Wildman–Crippen MR) is 72.3 cm³/mol. The third-order valence-electron chi connectivity index (χ3n) is 2.87. The molecule has 17 heavy (non-hydrogen) atoms. The number of nitriles is 1. The van der Waals surface area contributed by atoms with Crippen molar-refractivity contribution in [1.82, 2.24) is 9.88 Å². The zero-order chi connectivity index (χ0) is 12.7. The molecule has 0 bridgehead atoms. The van der Waals surface area contributed by atoms with Crippen LogP contribution in [0.2, 0.25) is 0 Å². The average molecular weight is 251 g/mol. The van der Waals surface area contributed by atoms with Crippen molar-refractivity contribution in [1.29, 1.82) is 5.26 Å². The minimum atomic E-state index is 0.807. The van der Waals surface area contributed by atoms with Gasteiger partial charge in [0.2, 0.25) is 0 Å². The summed E-state index contributed by atoms with van der Waals surface area (Å²) < 4.78 is 0. The van der Waals surface area contributed by atoms with Crippen LogP contribution in [0.15, 0.2) is 0 Å². The second kappa shape index (κ2) is 7.41. The van der Waals surface area contributed by atoms with Gasteiger partial charge in [0.1, 0.15) is 10.9 Å². The molecule has 0 amide bonds. The molecule has 1 heterocycles. The van der Waals surface area contributed by atoms with Gasteiger partial charge in [0.05, 0.1) is 10.7 Å². The van der Waals surface area contributed by atoms with Crippen molar-refractivity contribution < 1.29 is 0 Å². The Morgan fingerprint density at radius 1 is 1.24 bits per heavy atom. The van der Waals surface area contributed by atoms with E-state index in [1.165, 1.54) is 0 Å². The molecule has 0 aromatic carbocycles. The number of rotatable bonds is 7. The first-order chi connectivity index (χ1) is 8.24. The van der Waals surface area contributed by atoms with Crippen LogP contribution in [-0.2, 0) is 12.8 Å². The van der Waals surface area contributed by atoms with Crippen molar-refractivity contribution in [2.24, 2.45) is 0 Å².